The molecule has 8 nitrogen and oxygen atoms in total. The first kappa shape index (κ1) is 23.2. The van der Waals surface area contributed by atoms with E-state index in [0.717, 1.165) is 56.5 Å². The highest BCUT2D eigenvalue weighted by atomic mass is 19.1. The predicted molar refractivity (Wildman–Crippen MR) is 130 cm³/mol. The normalized spacial score (nSPS) is 14.7. The minimum absolute atomic E-state index is 0.121. The Morgan fingerprint density at radius 1 is 1.06 bits per heavy atom. The number of nitrogens with zero attached hydrogens (tertiary/aromatic N) is 5. The van der Waals surface area contributed by atoms with E-state index in [9.17, 15) is 4.39 Å². The highest BCUT2D eigenvalue weighted by Gasteiger charge is 2.21. The summed E-state index contributed by atoms with van der Waals surface area (Å²) in [6.07, 6.45) is 2.31. The van der Waals surface area contributed by atoms with Gasteiger partial charge in [0.1, 0.15) is 11.6 Å². The highest BCUT2D eigenvalue weighted by molar-refractivity contribution is 5.83. The Hall–Kier alpha value is -3.53. The Bertz CT molecular complexity index is 1340. The lowest BCUT2D eigenvalue weighted by atomic mass is 10.2. The van der Waals surface area contributed by atoms with Gasteiger partial charge in [-0.2, -0.15) is 10.1 Å². The summed E-state index contributed by atoms with van der Waals surface area (Å²) in [4.78, 5) is 16.5. The van der Waals surface area contributed by atoms with Gasteiger partial charge in [-0.3, -0.25) is 5.10 Å². The Morgan fingerprint density at radius 3 is 2.63 bits per heavy atom. The average Bonchev–Trinajstić information content (AvgIpc) is 3.44. The Labute approximate surface area is 202 Å². The van der Waals surface area contributed by atoms with Gasteiger partial charge in [-0.25, -0.2) is 13.8 Å². The Balaban J connectivity index is 1.49. The molecule has 4 aromatic rings. The van der Waals surface area contributed by atoms with Gasteiger partial charge in [-0.15, -0.1) is 0 Å². The molecule has 1 saturated heterocycles. The Kier molecular flexibility index (Phi) is 6.38. The van der Waals surface area contributed by atoms with E-state index in [0.29, 0.717) is 23.8 Å². The van der Waals surface area contributed by atoms with Gasteiger partial charge in [0.05, 0.1) is 11.2 Å². The first-order valence-corrected chi connectivity index (χ1v) is 11.9. The number of aromatic amines is 2. The van der Waals surface area contributed by atoms with Gasteiger partial charge in [0.15, 0.2) is 17.4 Å². The van der Waals surface area contributed by atoms with Crippen LogP contribution in [-0.4, -0.2) is 63.3 Å². The van der Waals surface area contributed by atoms with Crippen molar-refractivity contribution in [1.82, 2.24) is 30.0 Å². The molecule has 184 valence electrons. The number of halogens is 2. The van der Waals surface area contributed by atoms with Gasteiger partial charge in [0.25, 0.3) is 0 Å². The summed E-state index contributed by atoms with van der Waals surface area (Å²) in [6.45, 7) is 7.26. The number of H-pyrrole nitrogens is 2. The van der Waals surface area contributed by atoms with Crippen molar-refractivity contribution in [2.45, 2.75) is 33.1 Å². The van der Waals surface area contributed by atoms with Crippen LogP contribution in [0.25, 0.3) is 10.9 Å². The van der Waals surface area contributed by atoms with Crippen molar-refractivity contribution in [1.29, 1.82) is 0 Å². The molecular weight excluding hydrogens is 452 g/mol. The first-order valence-electron chi connectivity index (χ1n) is 11.9. The van der Waals surface area contributed by atoms with E-state index in [4.69, 9.17) is 9.72 Å². The Morgan fingerprint density at radius 2 is 1.86 bits per heavy atom. The SMILES string of the molecule is CCCc1cc(Cc2nc(Oc3cc(F)c4[nH]c(C)cc4c3F)cc(N3CCN(C)CC3)n2)[nH]n1. The summed E-state index contributed by atoms with van der Waals surface area (Å²) in [6, 6.07) is 6.31. The van der Waals surface area contributed by atoms with Crippen molar-refractivity contribution in [2.75, 3.05) is 38.1 Å². The molecule has 5 rings (SSSR count). The zero-order chi connectivity index (χ0) is 24.5. The van der Waals surface area contributed by atoms with Crippen LogP contribution in [0, 0.1) is 18.6 Å². The number of hydrogen-bond acceptors (Lipinski definition) is 6. The molecular formula is C25H29F2N7O. The number of aromatic nitrogens is 5. The summed E-state index contributed by atoms with van der Waals surface area (Å²) >= 11 is 0. The van der Waals surface area contributed by atoms with E-state index in [2.05, 4.69) is 43.9 Å². The predicted octanol–water partition coefficient (Wildman–Crippen LogP) is 4.36. The maximum atomic E-state index is 15.2. The number of likely N-dealkylation sites (N-methyl/N-ethyl adjacent to an activating group) is 1. The fourth-order valence-corrected chi connectivity index (χ4v) is 4.36. The van der Waals surface area contributed by atoms with Gasteiger partial charge in [-0.05, 0) is 32.5 Å². The molecule has 1 aliphatic rings. The number of fused-ring (bicyclic) bond motifs is 1. The van der Waals surface area contributed by atoms with Crippen molar-refractivity contribution < 1.29 is 13.5 Å². The lowest BCUT2D eigenvalue weighted by molar-refractivity contribution is 0.311. The third-order valence-corrected chi connectivity index (χ3v) is 6.22. The molecule has 0 bridgehead atoms. The number of benzene rings is 1. The van der Waals surface area contributed by atoms with Gasteiger partial charge in [0.2, 0.25) is 5.88 Å². The van der Waals surface area contributed by atoms with Crippen LogP contribution in [0.15, 0.2) is 24.3 Å². The van der Waals surface area contributed by atoms with Crippen molar-refractivity contribution in [3.05, 3.63) is 58.8 Å². The number of rotatable bonds is 7. The molecule has 3 aromatic heterocycles. The minimum Gasteiger partial charge on any atom is -0.436 e. The summed E-state index contributed by atoms with van der Waals surface area (Å²) in [5, 5.41) is 7.54. The van der Waals surface area contributed by atoms with Crippen LogP contribution in [0.3, 0.4) is 0 Å². The fraction of sp³-hybridized carbons (Fsp3) is 0.400. The average molecular weight is 482 g/mol. The molecule has 0 aliphatic carbocycles. The van der Waals surface area contributed by atoms with Gasteiger partial charge in [-0.1, -0.05) is 13.3 Å². The number of ether oxygens (including phenoxy) is 1. The summed E-state index contributed by atoms with van der Waals surface area (Å²) < 4.78 is 35.7. The lowest BCUT2D eigenvalue weighted by Gasteiger charge is -2.33. The van der Waals surface area contributed by atoms with Gasteiger partial charge >= 0.3 is 0 Å². The van der Waals surface area contributed by atoms with E-state index >= 15 is 4.39 Å². The van der Waals surface area contributed by atoms with Crippen molar-refractivity contribution >= 4 is 16.7 Å². The van der Waals surface area contributed by atoms with Crippen LogP contribution in [0.2, 0.25) is 0 Å². The molecule has 4 heterocycles. The molecule has 0 saturated carbocycles. The molecule has 0 unspecified atom stereocenters. The van der Waals surface area contributed by atoms with Crippen LogP contribution in [0.1, 0.15) is 36.3 Å². The molecule has 0 amide bonds. The second-order valence-electron chi connectivity index (χ2n) is 9.10. The molecule has 0 radical (unpaired) electrons. The smallest absolute Gasteiger partial charge is 0.224 e. The molecule has 35 heavy (non-hydrogen) atoms. The highest BCUT2D eigenvalue weighted by Crippen LogP contribution is 2.33. The third kappa shape index (κ3) is 4.97. The van der Waals surface area contributed by atoms with Gasteiger partial charge < -0.3 is 19.5 Å². The molecule has 10 heteroatoms. The standard InChI is InChI=1S/C25H29F2N7O/c1-4-5-16-11-17(32-31-16)12-21-29-22(34-8-6-33(3)7-9-34)14-23(30-21)35-20-13-19(26)25-18(24(20)27)10-15(2)28-25/h10-11,13-14,28H,4-9,12H2,1-3H3,(H,31,32). The quantitative estimate of drug-likeness (QED) is 0.408. The first-order chi connectivity index (χ1) is 16.9. The molecule has 0 spiro atoms. The van der Waals surface area contributed by atoms with E-state index in [1.165, 1.54) is 0 Å². The van der Waals surface area contributed by atoms with E-state index in [1.807, 2.05) is 6.07 Å². The fourth-order valence-electron chi connectivity index (χ4n) is 4.36. The lowest BCUT2D eigenvalue weighted by Crippen LogP contribution is -2.44. The van der Waals surface area contributed by atoms with Crippen LogP contribution in [0.4, 0.5) is 14.6 Å². The van der Waals surface area contributed by atoms with Crippen molar-refractivity contribution in [2.24, 2.45) is 0 Å². The number of anilines is 1. The van der Waals surface area contributed by atoms with Crippen LogP contribution < -0.4 is 9.64 Å². The second-order valence-corrected chi connectivity index (χ2v) is 9.10. The summed E-state index contributed by atoms with van der Waals surface area (Å²) in [7, 11) is 2.08. The summed E-state index contributed by atoms with van der Waals surface area (Å²) in [5.41, 5.74) is 2.66. The minimum atomic E-state index is -0.634. The topological polar surface area (TPSA) is 86.0 Å². The van der Waals surface area contributed by atoms with Crippen molar-refractivity contribution in [3.63, 3.8) is 0 Å². The summed E-state index contributed by atoms with van der Waals surface area (Å²) in [5.74, 6) is -0.0471. The second kappa shape index (κ2) is 9.61. The molecule has 0 atom stereocenters. The molecule has 1 fully saturated rings. The largest absolute Gasteiger partial charge is 0.436 e. The maximum Gasteiger partial charge on any atom is 0.224 e. The molecule has 1 aromatic carbocycles. The molecule has 2 N–H and O–H groups in total. The van der Waals surface area contributed by atoms with Crippen LogP contribution in [0.5, 0.6) is 11.6 Å². The van der Waals surface area contributed by atoms with Gasteiger partial charge in [0, 0.05) is 61.5 Å². The molecule has 1 aliphatic heterocycles. The number of aryl methyl sites for hydroxylation is 2. The maximum absolute atomic E-state index is 15.2. The van der Waals surface area contributed by atoms with E-state index in [1.54, 1.807) is 19.1 Å². The van der Waals surface area contributed by atoms with E-state index < -0.39 is 11.6 Å². The van der Waals surface area contributed by atoms with Crippen LogP contribution >= 0.6 is 0 Å². The van der Waals surface area contributed by atoms with Crippen LogP contribution in [-0.2, 0) is 12.8 Å². The number of nitrogens with one attached hydrogen (secondary N) is 2. The zero-order valence-electron chi connectivity index (χ0n) is 20.2. The zero-order valence-corrected chi connectivity index (χ0v) is 20.2. The monoisotopic (exact) mass is 481 g/mol. The van der Waals surface area contributed by atoms with Crippen molar-refractivity contribution in [3.8, 4) is 11.6 Å². The number of hydrogen-bond donors (Lipinski definition) is 2. The number of piperazine rings is 1. The van der Waals surface area contributed by atoms with E-state index in [-0.39, 0.29) is 22.5 Å². The third-order valence-electron chi connectivity index (χ3n) is 6.22.